The summed E-state index contributed by atoms with van der Waals surface area (Å²) in [4.78, 5) is 13.9. The number of furan rings is 1. The lowest BCUT2D eigenvalue weighted by molar-refractivity contribution is -0.131. The Hall–Kier alpha value is -2.91. The van der Waals surface area contributed by atoms with Crippen LogP contribution >= 0.6 is 23.4 Å². The quantitative estimate of drug-likeness (QED) is 0.375. The van der Waals surface area contributed by atoms with Gasteiger partial charge in [-0.25, -0.2) is 4.79 Å². The molecule has 8 nitrogen and oxygen atoms in total. The number of ether oxygens (including phenoxy) is 1. The maximum atomic E-state index is 11.8. The van der Waals surface area contributed by atoms with E-state index in [4.69, 9.17) is 25.2 Å². The number of carbonyl (C=O) groups is 1. The van der Waals surface area contributed by atoms with Crippen molar-refractivity contribution in [3.8, 4) is 17.2 Å². The van der Waals surface area contributed by atoms with Gasteiger partial charge in [0, 0.05) is 30.3 Å². The highest BCUT2D eigenvalue weighted by Crippen LogP contribution is 2.35. The van der Waals surface area contributed by atoms with Gasteiger partial charge in [0.1, 0.15) is 16.4 Å². The molecule has 1 aliphatic rings. The van der Waals surface area contributed by atoms with Gasteiger partial charge >= 0.3 is 5.97 Å². The fourth-order valence-electron chi connectivity index (χ4n) is 3.27. The van der Waals surface area contributed by atoms with Gasteiger partial charge in [-0.1, -0.05) is 11.6 Å². The van der Waals surface area contributed by atoms with E-state index in [1.165, 1.54) is 19.6 Å². The Labute approximate surface area is 187 Å². The molecule has 10 heteroatoms. The summed E-state index contributed by atoms with van der Waals surface area (Å²) in [5, 5.41) is 18.1. The molecule has 162 valence electrons. The summed E-state index contributed by atoms with van der Waals surface area (Å²) in [6, 6.07) is 8.62. The molecule has 0 amide bonds. The van der Waals surface area contributed by atoms with Crippen LogP contribution in [0, 0.1) is 0 Å². The number of anilines is 1. The maximum absolute atomic E-state index is 11.8. The van der Waals surface area contributed by atoms with Crippen LogP contribution in [0.2, 0.25) is 5.02 Å². The van der Waals surface area contributed by atoms with Crippen LogP contribution in [0.25, 0.3) is 17.5 Å². The first-order valence-electron chi connectivity index (χ1n) is 9.68. The lowest BCUT2D eigenvalue weighted by Gasteiger charge is -2.25. The number of aromatic nitrogens is 2. The summed E-state index contributed by atoms with van der Waals surface area (Å²) >= 11 is 6.90. The molecule has 0 unspecified atom stereocenters. The summed E-state index contributed by atoms with van der Waals surface area (Å²) in [6.07, 6.45) is 4.92. The molecule has 0 radical (unpaired) electrons. The first-order chi connectivity index (χ1) is 15.0. The van der Waals surface area contributed by atoms with Gasteiger partial charge in [-0.15, -0.1) is 10.2 Å². The lowest BCUT2D eigenvalue weighted by Crippen LogP contribution is -2.28. The molecule has 3 heterocycles. The Morgan fingerprint density at radius 1 is 1.19 bits per heavy atom. The van der Waals surface area contributed by atoms with Crippen molar-refractivity contribution in [2.24, 2.45) is 0 Å². The third-order valence-corrected chi connectivity index (χ3v) is 5.85. The van der Waals surface area contributed by atoms with E-state index in [-0.39, 0.29) is 16.0 Å². The Kier molecular flexibility index (Phi) is 6.53. The number of methoxy groups -OCH3 is 1. The third kappa shape index (κ3) is 5.05. The number of hydrogen-bond donors (Lipinski definition) is 1. The Balaban J connectivity index is 1.54. The molecule has 2 aromatic heterocycles. The van der Waals surface area contributed by atoms with Gasteiger partial charge in [-0.2, -0.15) is 0 Å². The first kappa shape index (κ1) is 21.3. The van der Waals surface area contributed by atoms with E-state index < -0.39 is 5.97 Å². The van der Waals surface area contributed by atoms with E-state index in [0.29, 0.717) is 22.1 Å². The fraction of sp³-hybridized carbons (Fsp3) is 0.286. The van der Waals surface area contributed by atoms with Crippen molar-refractivity contribution < 1.29 is 23.5 Å². The largest absolute Gasteiger partial charge is 0.496 e. The minimum absolute atomic E-state index is 0.00666. The minimum atomic E-state index is -1.12. The second-order valence-electron chi connectivity index (χ2n) is 6.86. The van der Waals surface area contributed by atoms with Gasteiger partial charge in [-0.3, -0.25) is 0 Å². The number of thioether (sulfide) groups is 1. The first-order valence-corrected chi connectivity index (χ1v) is 10.9. The standard InChI is InChI=1S/C21H20ClN3O5S/c1-28-16-7-5-13(22)11-15(16)19-23-24-21(30-19)31-17(20(26)27)12-14-6-8-18(29-14)25-9-3-2-4-10-25/h5-8,11-12H,2-4,9-10H2,1H3,(H,26,27)/b17-12-. The number of nitrogens with zero attached hydrogens (tertiary/aromatic N) is 3. The van der Waals surface area contributed by atoms with Crippen LogP contribution < -0.4 is 9.64 Å². The molecule has 1 N–H and O–H groups in total. The zero-order valence-electron chi connectivity index (χ0n) is 16.7. The van der Waals surface area contributed by atoms with E-state index in [2.05, 4.69) is 15.1 Å². The monoisotopic (exact) mass is 461 g/mol. The minimum Gasteiger partial charge on any atom is -0.496 e. The van der Waals surface area contributed by atoms with Gasteiger partial charge in [0.05, 0.1) is 12.7 Å². The van der Waals surface area contributed by atoms with E-state index in [9.17, 15) is 9.90 Å². The average Bonchev–Trinajstić information content (AvgIpc) is 3.44. The van der Waals surface area contributed by atoms with Gasteiger partial charge in [0.2, 0.25) is 0 Å². The zero-order chi connectivity index (χ0) is 21.8. The molecule has 0 spiro atoms. The maximum Gasteiger partial charge on any atom is 0.342 e. The molecular weight excluding hydrogens is 442 g/mol. The molecule has 0 atom stereocenters. The van der Waals surface area contributed by atoms with Crippen molar-refractivity contribution in [2.75, 3.05) is 25.1 Å². The number of aliphatic carboxylic acids is 1. The highest BCUT2D eigenvalue weighted by Gasteiger charge is 2.20. The summed E-state index contributed by atoms with van der Waals surface area (Å²) in [7, 11) is 1.52. The van der Waals surface area contributed by atoms with Crippen molar-refractivity contribution in [1.82, 2.24) is 10.2 Å². The van der Waals surface area contributed by atoms with Crippen LogP contribution in [0.1, 0.15) is 25.0 Å². The molecule has 1 aromatic carbocycles. The summed E-state index contributed by atoms with van der Waals surface area (Å²) in [5.41, 5.74) is 0.521. The van der Waals surface area contributed by atoms with Crippen LogP contribution in [0.15, 0.2) is 49.3 Å². The molecule has 1 saturated heterocycles. The average molecular weight is 462 g/mol. The number of halogens is 1. The molecule has 1 fully saturated rings. The van der Waals surface area contributed by atoms with Crippen molar-refractivity contribution in [1.29, 1.82) is 0 Å². The normalized spacial score (nSPS) is 14.6. The number of carboxylic acids is 1. The van der Waals surface area contributed by atoms with Crippen LogP contribution in [0.5, 0.6) is 5.75 Å². The summed E-state index contributed by atoms with van der Waals surface area (Å²) in [5.74, 6) is 0.757. The van der Waals surface area contributed by atoms with Gasteiger partial charge < -0.3 is 23.6 Å². The highest BCUT2D eigenvalue weighted by atomic mass is 35.5. The number of hydrogen-bond acceptors (Lipinski definition) is 8. The Bertz CT molecular complexity index is 1100. The van der Waals surface area contributed by atoms with Crippen LogP contribution in [0.4, 0.5) is 5.88 Å². The second-order valence-corrected chi connectivity index (χ2v) is 8.29. The molecule has 4 rings (SSSR count). The van der Waals surface area contributed by atoms with E-state index >= 15 is 0 Å². The number of benzene rings is 1. The van der Waals surface area contributed by atoms with Crippen molar-refractivity contribution in [3.63, 3.8) is 0 Å². The fourth-order valence-corrected chi connectivity index (χ4v) is 4.09. The number of rotatable bonds is 7. The summed E-state index contributed by atoms with van der Waals surface area (Å²) in [6.45, 7) is 1.88. The second kappa shape index (κ2) is 9.49. The molecule has 0 bridgehead atoms. The van der Waals surface area contributed by atoms with Crippen LogP contribution in [0.3, 0.4) is 0 Å². The van der Waals surface area contributed by atoms with Crippen molar-refractivity contribution in [2.45, 2.75) is 24.5 Å². The van der Waals surface area contributed by atoms with Crippen LogP contribution in [-0.4, -0.2) is 41.5 Å². The predicted octanol–water partition coefficient (Wildman–Crippen LogP) is 5.20. The van der Waals surface area contributed by atoms with Crippen molar-refractivity contribution >= 4 is 41.3 Å². The SMILES string of the molecule is COc1ccc(Cl)cc1-c1nnc(S/C(=C\c2ccc(N3CCCCC3)o2)C(=O)O)o1. The third-order valence-electron chi connectivity index (χ3n) is 4.76. The van der Waals surface area contributed by atoms with Gasteiger partial charge in [0.15, 0.2) is 5.88 Å². The Morgan fingerprint density at radius 3 is 2.74 bits per heavy atom. The zero-order valence-corrected chi connectivity index (χ0v) is 18.3. The van der Waals surface area contributed by atoms with Crippen molar-refractivity contribution in [3.05, 3.63) is 46.0 Å². The molecule has 0 aliphatic carbocycles. The molecule has 31 heavy (non-hydrogen) atoms. The molecule has 1 aliphatic heterocycles. The topological polar surface area (TPSA) is 102 Å². The summed E-state index contributed by atoms with van der Waals surface area (Å²) < 4.78 is 16.8. The van der Waals surface area contributed by atoms with E-state index in [0.717, 1.165) is 43.6 Å². The van der Waals surface area contributed by atoms with Gasteiger partial charge in [-0.05, 0) is 55.3 Å². The highest BCUT2D eigenvalue weighted by molar-refractivity contribution is 8.03. The molecule has 0 saturated carbocycles. The van der Waals surface area contributed by atoms with E-state index in [1.54, 1.807) is 24.3 Å². The predicted molar refractivity (Wildman–Crippen MR) is 118 cm³/mol. The molecular formula is C21H20ClN3O5S. The number of carboxylic acid groups (broad SMARTS) is 1. The lowest BCUT2D eigenvalue weighted by atomic mass is 10.1. The Morgan fingerprint density at radius 2 is 2.00 bits per heavy atom. The molecule has 3 aromatic rings. The smallest absolute Gasteiger partial charge is 0.342 e. The van der Waals surface area contributed by atoms with Crippen LogP contribution in [-0.2, 0) is 4.79 Å². The van der Waals surface area contributed by atoms with E-state index in [1.807, 2.05) is 6.07 Å². The van der Waals surface area contributed by atoms with Gasteiger partial charge in [0.25, 0.3) is 11.1 Å². The number of piperidine rings is 1.